The number of hydrogen-bond donors (Lipinski definition) is 2. The molecule has 0 spiro atoms. The van der Waals surface area contributed by atoms with Gasteiger partial charge in [-0.1, -0.05) is 0 Å². The zero-order chi connectivity index (χ0) is 14.0. The molecule has 0 aliphatic rings. The Morgan fingerprint density at radius 3 is 2.84 bits per heavy atom. The van der Waals surface area contributed by atoms with Crippen LogP contribution in [-0.2, 0) is 4.79 Å². The largest absolute Gasteiger partial charge is 0.396 e. The lowest BCUT2D eigenvalue weighted by Gasteiger charge is -2.15. The Hall–Kier alpha value is -2.37. The first-order valence-corrected chi connectivity index (χ1v) is 5.84. The van der Waals surface area contributed by atoms with Gasteiger partial charge in [0.05, 0.1) is 5.69 Å². The number of imidazole rings is 1. The van der Waals surface area contributed by atoms with Crippen LogP contribution in [0.2, 0.25) is 0 Å². The van der Waals surface area contributed by atoms with E-state index in [1.807, 2.05) is 6.92 Å². The van der Waals surface area contributed by atoms with Crippen molar-refractivity contribution in [2.75, 3.05) is 11.1 Å². The molecule has 1 amide bonds. The highest BCUT2D eigenvalue weighted by molar-refractivity contribution is 5.93. The highest BCUT2D eigenvalue weighted by Gasteiger charge is 2.16. The van der Waals surface area contributed by atoms with Gasteiger partial charge in [0.15, 0.2) is 0 Å². The van der Waals surface area contributed by atoms with Gasteiger partial charge in [0, 0.05) is 18.1 Å². The second-order valence-electron chi connectivity index (χ2n) is 4.28. The van der Waals surface area contributed by atoms with Crippen LogP contribution < -0.4 is 11.1 Å². The van der Waals surface area contributed by atoms with Crippen molar-refractivity contribution in [3.05, 3.63) is 42.2 Å². The summed E-state index contributed by atoms with van der Waals surface area (Å²) in [5.41, 5.74) is 5.92. The van der Waals surface area contributed by atoms with Gasteiger partial charge in [0.1, 0.15) is 17.7 Å². The molecular weight excluding hydrogens is 247 g/mol. The Kier molecular flexibility index (Phi) is 3.50. The molecule has 2 aromatic rings. The van der Waals surface area contributed by atoms with Crippen molar-refractivity contribution in [1.29, 1.82) is 0 Å². The molecule has 2 rings (SSSR count). The number of benzene rings is 1. The van der Waals surface area contributed by atoms with Gasteiger partial charge < -0.3 is 15.6 Å². The van der Waals surface area contributed by atoms with Crippen LogP contribution in [0.5, 0.6) is 0 Å². The van der Waals surface area contributed by atoms with E-state index in [9.17, 15) is 9.18 Å². The van der Waals surface area contributed by atoms with Crippen LogP contribution >= 0.6 is 0 Å². The molecule has 1 unspecified atom stereocenters. The van der Waals surface area contributed by atoms with E-state index >= 15 is 0 Å². The lowest BCUT2D eigenvalue weighted by Crippen LogP contribution is -2.24. The first-order chi connectivity index (χ1) is 8.99. The summed E-state index contributed by atoms with van der Waals surface area (Å²) in [6, 6.07) is 3.67. The van der Waals surface area contributed by atoms with Crippen molar-refractivity contribution in [3.63, 3.8) is 0 Å². The lowest BCUT2D eigenvalue weighted by atomic mass is 10.2. The topological polar surface area (TPSA) is 72.9 Å². The summed E-state index contributed by atoms with van der Waals surface area (Å²) >= 11 is 0. The van der Waals surface area contributed by atoms with Crippen LogP contribution in [-0.4, -0.2) is 15.5 Å². The van der Waals surface area contributed by atoms with Crippen LogP contribution in [0.25, 0.3) is 0 Å². The molecular formula is C13H15FN4O. The number of nitrogens with one attached hydrogen (secondary N) is 1. The second-order valence-corrected chi connectivity index (χ2v) is 4.28. The van der Waals surface area contributed by atoms with Crippen molar-refractivity contribution in [3.8, 4) is 0 Å². The number of aryl methyl sites for hydroxylation is 1. The first-order valence-electron chi connectivity index (χ1n) is 5.84. The van der Waals surface area contributed by atoms with Crippen molar-refractivity contribution < 1.29 is 9.18 Å². The van der Waals surface area contributed by atoms with Crippen LogP contribution in [0.3, 0.4) is 0 Å². The fourth-order valence-corrected chi connectivity index (χ4v) is 1.79. The monoisotopic (exact) mass is 262 g/mol. The first kappa shape index (κ1) is 13.1. The number of rotatable bonds is 3. The molecule has 0 saturated carbocycles. The van der Waals surface area contributed by atoms with Crippen molar-refractivity contribution in [2.45, 2.75) is 19.9 Å². The van der Waals surface area contributed by atoms with Gasteiger partial charge in [-0.05, 0) is 32.0 Å². The van der Waals surface area contributed by atoms with Crippen molar-refractivity contribution in [1.82, 2.24) is 9.55 Å². The Morgan fingerprint density at radius 2 is 2.26 bits per heavy atom. The van der Waals surface area contributed by atoms with Crippen LogP contribution in [0.4, 0.5) is 15.8 Å². The fourth-order valence-electron chi connectivity index (χ4n) is 1.79. The third kappa shape index (κ3) is 2.73. The maximum atomic E-state index is 13.0. The van der Waals surface area contributed by atoms with E-state index in [4.69, 9.17) is 5.73 Å². The van der Waals surface area contributed by atoms with E-state index in [2.05, 4.69) is 10.3 Å². The standard InChI is InChI=1S/C13H15FN4O/c1-8(18-6-5-16-9(18)2)13(19)17-10-3-4-11(14)12(15)7-10/h3-8H,15H2,1-2H3,(H,17,19). The predicted molar refractivity (Wildman–Crippen MR) is 71.1 cm³/mol. The summed E-state index contributed by atoms with van der Waals surface area (Å²) in [6.07, 6.45) is 3.37. The number of nitrogens with zero attached hydrogens (tertiary/aromatic N) is 2. The van der Waals surface area contributed by atoms with Crippen LogP contribution in [0, 0.1) is 12.7 Å². The third-order valence-electron chi connectivity index (χ3n) is 2.92. The number of carbonyl (C=O) groups is 1. The van der Waals surface area contributed by atoms with E-state index in [0.717, 1.165) is 5.82 Å². The summed E-state index contributed by atoms with van der Waals surface area (Å²) in [5.74, 6) is 0.0323. The quantitative estimate of drug-likeness (QED) is 0.832. The summed E-state index contributed by atoms with van der Waals surface area (Å²) in [6.45, 7) is 3.58. The van der Waals surface area contributed by atoms with E-state index in [-0.39, 0.29) is 11.6 Å². The van der Waals surface area contributed by atoms with Gasteiger partial charge in [-0.25, -0.2) is 9.37 Å². The Morgan fingerprint density at radius 1 is 1.53 bits per heavy atom. The Balaban J connectivity index is 2.13. The predicted octanol–water partition coefficient (Wildman–Crippen LogP) is 2.11. The number of halogens is 1. The zero-order valence-electron chi connectivity index (χ0n) is 10.7. The average molecular weight is 262 g/mol. The van der Waals surface area contributed by atoms with Gasteiger partial charge in [-0.3, -0.25) is 4.79 Å². The summed E-state index contributed by atoms with van der Waals surface area (Å²) in [4.78, 5) is 16.1. The number of nitrogen functional groups attached to an aromatic ring is 1. The molecule has 0 aliphatic carbocycles. The molecule has 19 heavy (non-hydrogen) atoms. The zero-order valence-corrected chi connectivity index (χ0v) is 10.7. The molecule has 1 aromatic carbocycles. The molecule has 3 N–H and O–H groups in total. The minimum Gasteiger partial charge on any atom is -0.396 e. The molecule has 5 nitrogen and oxygen atoms in total. The molecule has 6 heteroatoms. The molecule has 1 heterocycles. The molecule has 0 radical (unpaired) electrons. The smallest absolute Gasteiger partial charge is 0.247 e. The lowest BCUT2D eigenvalue weighted by molar-refractivity contribution is -0.118. The summed E-state index contributed by atoms with van der Waals surface area (Å²) in [5, 5.41) is 2.69. The SMILES string of the molecule is Cc1nccn1C(C)C(=O)Nc1ccc(F)c(N)c1. The van der Waals surface area contributed by atoms with Gasteiger partial charge in [0.2, 0.25) is 5.91 Å². The normalized spacial score (nSPS) is 12.2. The number of aromatic nitrogens is 2. The van der Waals surface area contributed by atoms with E-state index in [1.54, 1.807) is 23.9 Å². The van der Waals surface area contributed by atoms with Gasteiger partial charge in [-0.2, -0.15) is 0 Å². The molecule has 1 atom stereocenters. The molecule has 0 aliphatic heterocycles. The van der Waals surface area contributed by atoms with Gasteiger partial charge >= 0.3 is 0 Å². The Bertz CT molecular complexity index is 608. The summed E-state index contributed by atoms with van der Waals surface area (Å²) < 4.78 is 14.8. The number of amides is 1. The molecule has 0 saturated heterocycles. The van der Waals surface area contributed by atoms with Gasteiger partial charge in [-0.15, -0.1) is 0 Å². The Labute approximate surface area is 110 Å². The highest BCUT2D eigenvalue weighted by atomic mass is 19.1. The second kappa shape index (κ2) is 5.09. The van der Waals surface area contributed by atoms with Crippen LogP contribution in [0.15, 0.2) is 30.6 Å². The van der Waals surface area contributed by atoms with Crippen molar-refractivity contribution >= 4 is 17.3 Å². The summed E-state index contributed by atoms with van der Waals surface area (Å²) in [7, 11) is 0. The maximum absolute atomic E-state index is 13.0. The molecule has 0 bridgehead atoms. The fraction of sp³-hybridized carbons (Fsp3) is 0.231. The molecule has 0 fully saturated rings. The number of anilines is 2. The number of nitrogens with two attached hydrogens (primary N) is 1. The van der Waals surface area contributed by atoms with E-state index < -0.39 is 11.9 Å². The number of carbonyl (C=O) groups excluding carboxylic acids is 1. The molecule has 100 valence electrons. The van der Waals surface area contributed by atoms with E-state index in [0.29, 0.717) is 5.69 Å². The maximum Gasteiger partial charge on any atom is 0.247 e. The van der Waals surface area contributed by atoms with Crippen molar-refractivity contribution in [2.24, 2.45) is 0 Å². The van der Waals surface area contributed by atoms with Gasteiger partial charge in [0.25, 0.3) is 0 Å². The highest BCUT2D eigenvalue weighted by Crippen LogP contribution is 2.18. The third-order valence-corrected chi connectivity index (χ3v) is 2.92. The van der Waals surface area contributed by atoms with E-state index in [1.165, 1.54) is 18.2 Å². The minimum absolute atomic E-state index is 0.00395. The molecule has 1 aromatic heterocycles. The number of hydrogen-bond acceptors (Lipinski definition) is 3. The van der Waals surface area contributed by atoms with Crippen LogP contribution in [0.1, 0.15) is 18.8 Å². The minimum atomic E-state index is -0.503. The average Bonchev–Trinajstić information content (AvgIpc) is 2.79.